The van der Waals surface area contributed by atoms with Crippen LogP contribution in [0.15, 0.2) is 54.1 Å². The lowest BCUT2D eigenvalue weighted by atomic mass is 10.1. The molecule has 1 aliphatic rings. The molecule has 6 nitrogen and oxygen atoms in total. The molecular formula is C25H22IN3O3. The molecule has 1 fully saturated rings. The van der Waals surface area contributed by atoms with Crippen molar-refractivity contribution in [3.8, 4) is 5.69 Å². The first kappa shape index (κ1) is 22.0. The molecule has 0 radical (unpaired) electrons. The summed E-state index contributed by atoms with van der Waals surface area (Å²) in [6.07, 6.45) is 1.56. The molecule has 4 rings (SSSR count). The van der Waals surface area contributed by atoms with Crippen LogP contribution in [0.4, 0.5) is 10.5 Å². The van der Waals surface area contributed by atoms with Gasteiger partial charge in [0, 0.05) is 20.6 Å². The van der Waals surface area contributed by atoms with Crippen LogP contribution < -0.4 is 10.2 Å². The highest BCUT2D eigenvalue weighted by atomic mass is 127. The zero-order valence-electron chi connectivity index (χ0n) is 18.2. The number of hydrogen-bond acceptors (Lipinski definition) is 3. The van der Waals surface area contributed by atoms with Crippen molar-refractivity contribution < 1.29 is 14.4 Å². The van der Waals surface area contributed by atoms with Crippen LogP contribution >= 0.6 is 22.6 Å². The number of urea groups is 1. The third kappa shape index (κ3) is 3.88. The van der Waals surface area contributed by atoms with Gasteiger partial charge in [0.05, 0.1) is 5.69 Å². The molecule has 0 spiro atoms. The number of barbiturate groups is 1. The number of carbonyl (C=O) groups excluding carboxylic acids is 3. The number of imide groups is 2. The van der Waals surface area contributed by atoms with Gasteiger partial charge in [0.15, 0.2) is 0 Å². The average molecular weight is 539 g/mol. The predicted octanol–water partition coefficient (Wildman–Crippen LogP) is 4.98. The van der Waals surface area contributed by atoms with Gasteiger partial charge in [0.25, 0.3) is 11.8 Å². The van der Waals surface area contributed by atoms with Crippen molar-refractivity contribution in [2.75, 3.05) is 4.90 Å². The maximum atomic E-state index is 13.2. The van der Waals surface area contributed by atoms with E-state index in [1.54, 1.807) is 18.2 Å². The second kappa shape index (κ2) is 8.38. The summed E-state index contributed by atoms with van der Waals surface area (Å²) in [4.78, 5) is 39.1. The summed E-state index contributed by atoms with van der Waals surface area (Å²) in [5.41, 5.74) is 6.14. The maximum absolute atomic E-state index is 13.2. The van der Waals surface area contributed by atoms with E-state index in [1.165, 1.54) is 9.13 Å². The molecule has 32 heavy (non-hydrogen) atoms. The molecule has 1 saturated heterocycles. The summed E-state index contributed by atoms with van der Waals surface area (Å²) in [6.45, 7) is 7.90. The van der Waals surface area contributed by atoms with Crippen molar-refractivity contribution in [2.24, 2.45) is 0 Å². The van der Waals surface area contributed by atoms with Crippen LogP contribution in [0.1, 0.15) is 28.1 Å². The molecule has 2 aromatic carbocycles. The first-order valence-electron chi connectivity index (χ1n) is 10.1. The Morgan fingerprint density at radius 2 is 1.53 bits per heavy atom. The Bertz CT molecular complexity index is 1300. The standard InChI is InChI=1S/C25H22IN3O3/c1-14-5-7-19(8-6-14)29-24(31)21(23(30)27-25(29)32)13-18-12-16(3)28(17(18)4)20-9-10-22(26)15(2)11-20/h5-13H,1-4H3,(H,27,30,32)/b21-13-. The number of amides is 4. The number of anilines is 1. The Kier molecular flexibility index (Phi) is 5.77. The highest BCUT2D eigenvalue weighted by Crippen LogP contribution is 2.27. The van der Waals surface area contributed by atoms with Crippen molar-refractivity contribution in [3.63, 3.8) is 0 Å². The third-order valence-electron chi connectivity index (χ3n) is 5.56. The Morgan fingerprint density at radius 1 is 0.875 bits per heavy atom. The fraction of sp³-hybridized carbons (Fsp3) is 0.160. The molecule has 1 aromatic heterocycles. The van der Waals surface area contributed by atoms with E-state index in [0.29, 0.717) is 5.69 Å². The summed E-state index contributed by atoms with van der Waals surface area (Å²) >= 11 is 2.30. The highest BCUT2D eigenvalue weighted by molar-refractivity contribution is 14.1. The van der Waals surface area contributed by atoms with Gasteiger partial charge in [-0.05, 0) is 104 Å². The Balaban J connectivity index is 1.76. The Labute approximate surface area is 200 Å². The molecule has 162 valence electrons. The van der Waals surface area contributed by atoms with Gasteiger partial charge in [-0.2, -0.15) is 0 Å². The van der Waals surface area contributed by atoms with E-state index in [2.05, 4.69) is 51.5 Å². The Hall–Kier alpha value is -3.20. The van der Waals surface area contributed by atoms with Crippen LogP contribution in [-0.4, -0.2) is 22.4 Å². The number of benzene rings is 2. The van der Waals surface area contributed by atoms with Crippen LogP contribution in [0, 0.1) is 31.3 Å². The van der Waals surface area contributed by atoms with Gasteiger partial charge >= 0.3 is 6.03 Å². The zero-order valence-corrected chi connectivity index (χ0v) is 20.4. The molecule has 1 N–H and O–H groups in total. The van der Waals surface area contributed by atoms with E-state index >= 15 is 0 Å². The lowest BCUT2D eigenvalue weighted by molar-refractivity contribution is -0.122. The van der Waals surface area contributed by atoms with E-state index in [0.717, 1.165) is 33.1 Å². The number of hydrogen-bond donors (Lipinski definition) is 1. The largest absolute Gasteiger partial charge is 0.335 e. The van der Waals surface area contributed by atoms with Crippen LogP contribution in [0.2, 0.25) is 0 Å². The van der Waals surface area contributed by atoms with Crippen LogP contribution in [0.25, 0.3) is 11.8 Å². The first-order valence-corrected chi connectivity index (χ1v) is 11.2. The van der Waals surface area contributed by atoms with Gasteiger partial charge < -0.3 is 4.57 Å². The molecule has 0 atom stereocenters. The number of aryl methyl sites for hydroxylation is 3. The smallest absolute Gasteiger partial charge is 0.318 e. The minimum absolute atomic E-state index is 0.0794. The second-order valence-corrected chi connectivity index (χ2v) is 9.05. The molecule has 0 aliphatic carbocycles. The number of carbonyl (C=O) groups is 3. The summed E-state index contributed by atoms with van der Waals surface area (Å²) < 4.78 is 3.27. The van der Waals surface area contributed by atoms with Gasteiger partial charge in [-0.15, -0.1) is 0 Å². The van der Waals surface area contributed by atoms with Crippen LogP contribution in [0.3, 0.4) is 0 Å². The molecular weight excluding hydrogens is 517 g/mol. The molecule has 0 saturated carbocycles. The third-order valence-corrected chi connectivity index (χ3v) is 6.77. The van der Waals surface area contributed by atoms with Gasteiger partial charge in [-0.25, -0.2) is 9.69 Å². The second-order valence-electron chi connectivity index (χ2n) is 7.89. The molecule has 4 amide bonds. The van der Waals surface area contributed by atoms with E-state index in [1.807, 2.05) is 45.0 Å². The van der Waals surface area contributed by atoms with Gasteiger partial charge in [0.2, 0.25) is 0 Å². The fourth-order valence-corrected chi connectivity index (χ4v) is 4.18. The quantitative estimate of drug-likeness (QED) is 0.290. The normalized spacial score (nSPS) is 15.5. The van der Waals surface area contributed by atoms with Crippen molar-refractivity contribution in [1.29, 1.82) is 0 Å². The lowest BCUT2D eigenvalue weighted by Gasteiger charge is -2.26. The Morgan fingerprint density at radius 3 is 2.19 bits per heavy atom. The van der Waals surface area contributed by atoms with E-state index in [9.17, 15) is 14.4 Å². The number of halogens is 1. The van der Waals surface area contributed by atoms with Gasteiger partial charge in [0.1, 0.15) is 5.57 Å². The molecule has 7 heteroatoms. The minimum atomic E-state index is -0.749. The molecule has 0 unspecified atom stereocenters. The van der Waals surface area contributed by atoms with Gasteiger partial charge in [-0.3, -0.25) is 14.9 Å². The SMILES string of the molecule is Cc1ccc(N2C(=O)NC(=O)/C(=C/c3cc(C)n(-c4ccc(I)c(C)c4)c3C)C2=O)cc1. The first-order chi connectivity index (χ1) is 15.2. The molecule has 1 aliphatic heterocycles. The van der Waals surface area contributed by atoms with Crippen molar-refractivity contribution >= 4 is 52.2 Å². The van der Waals surface area contributed by atoms with Crippen LogP contribution in [-0.2, 0) is 9.59 Å². The summed E-state index contributed by atoms with van der Waals surface area (Å²) in [5, 5.41) is 2.28. The van der Waals surface area contributed by atoms with Gasteiger partial charge in [-0.1, -0.05) is 17.7 Å². The monoisotopic (exact) mass is 539 g/mol. The van der Waals surface area contributed by atoms with Crippen molar-refractivity contribution in [1.82, 2.24) is 9.88 Å². The number of nitrogens with zero attached hydrogens (tertiary/aromatic N) is 2. The minimum Gasteiger partial charge on any atom is -0.318 e. The predicted molar refractivity (Wildman–Crippen MR) is 133 cm³/mol. The van der Waals surface area contributed by atoms with E-state index in [-0.39, 0.29) is 5.57 Å². The number of aromatic nitrogens is 1. The molecule has 0 bridgehead atoms. The van der Waals surface area contributed by atoms with Crippen LogP contribution in [0.5, 0.6) is 0 Å². The van der Waals surface area contributed by atoms with E-state index in [4.69, 9.17) is 0 Å². The van der Waals surface area contributed by atoms with Crippen molar-refractivity contribution in [2.45, 2.75) is 27.7 Å². The fourth-order valence-electron chi connectivity index (χ4n) is 3.84. The maximum Gasteiger partial charge on any atom is 0.335 e. The highest BCUT2D eigenvalue weighted by Gasteiger charge is 2.37. The number of rotatable bonds is 3. The summed E-state index contributed by atoms with van der Waals surface area (Å²) in [6, 6.07) is 14.4. The topological polar surface area (TPSA) is 71.4 Å². The number of nitrogens with one attached hydrogen (secondary N) is 1. The summed E-state index contributed by atoms with van der Waals surface area (Å²) in [5.74, 6) is -1.34. The van der Waals surface area contributed by atoms with E-state index < -0.39 is 17.8 Å². The zero-order chi connectivity index (χ0) is 23.2. The summed E-state index contributed by atoms with van der Waals surface area (Å²) in [7, 11) is 0. The lowest BCUT2D eigenvalue weighted by Crippen LogP contribution is -2.54. The average Bonchev–Trinajstić information content (AvgIpc) is 3.01. The molecule has 2 heterocycles. The molecule has 3 aromatic rings. The van der Waals surface area contributed by atoms with Crippen molar-refractivity contribution in [3.05, 3.63) is 85.8 Å².